The molecule has 2 aliphatic carbocycles. The van der Waals surface area contributed by atoms with Crippen LogP contribution in [-0.2, 0) is 15.0 Å². The highest BCUT2D eigenvalue weighted by atomic mass is 32.2. The van der Waals surface area contributed by atoms with Crippen LogP contribution in [0.3, 0.4) is 0 Å². The van der Waals surface area contributed by atoms with Crippen molar-refractivity contribution in [2.24, 2.45) is 5.92 Å². The first kappa shape index (κ1) is 20.1. The molecule has 1 atom stereocenters. The molecule has 3 fully saturated rings. The normalized spacial score (nSPS) is 27.5. The molecule has 26 heavy (non-hydrogen) atoms. The first-order valence-electron chi connectivity index (χ1n) is 10.5. The fraction of sp³-hybridized carbons (Fsp3) is 0.947. The van der Waals surface area contributed by atoms with Gasteiger partial charge in [0, 0.05) is 32.2 Å². The molecule has 0 radical (unpaired) electrons. The summed E-state index contributed by atoms with van der Waals surface area (Å²) in [4.78, 5) is 12.7. The van der Waals surface area contributed by atoms with E-state index in [0.717, 1.165) is 51.4 Å². The molecular weight excluding hydrogens is 350 g/mol. The molecule has 1 amide bonds. The number of hydrogen-bond acceptors (Lipinski definition) is 3. The predicted molar refractivity (Wildman–Crippen MR) is 103 cm³/mol. The van der Waals surface area contributed by atoms with Crippen LogP contribution in [0.15, 0.2) is 0 Å². The molecule has 7 heteroatoms. The van der Waals surface area contributed by atoms with Gasteiger partial charge >= 0.3 is 0 Å². The van der Waals surface area contributed by atoms with Crippen molar-refractivity contribution >= 4 is 16.1 Å². The fourth-order valence-electron chi connectivity index (χ4n) is 4.75. The summed E-state index contributed by atoms with van der Waals surface area (Å²) in [5.74, 6) is -0.155. The number of hydrogen-bond donors (Lipinski definition) is 1. The Morgan fingerprint density at radius 1 is 0.923 bits per heavy atom. The second-order valence-electron chi connectivity index (χ2n) is 8.36. The number of nitrogens with one attached hydrogen (secondary N) is 1. The third kappa shape index (κ3) is 4.78. The van der Waals surface area contributed by atoms with Crippen molar-refractivity contribution in [2.75, 3.05) is 20.1 Å². The van der Waals surface area contributed by atoms with Crippen molar-refractivity contribution in [3.8, 4) is 0 Å². The average Bonchev–Trinajstić information content (AvgIpc) is 2.69. The molecule has 1 aliphatic heterocycles. The minimum Gasteiger partial charge on any atom is -0.353 e. The molecule has 1 heterocycles. The fourth-order valence-corrected chi connectivity index (χ4v) is 6.43. The van der Waals surface area contributed by atoms with Crippen molar-refractivity contribution in [3.05, 3.63) is 0 Å². The van der Waals surface area contributed by atoms with E-state index in [-0.39, 0.29) is 23.9 Å². The maximum atomic E-state index is 13.1. The molecule has 3 aliphatic rings. The number of carbonyl (C=O) groups excluding carboxylic acids is 1. The maximum absolute atomic E-state index is 13.1. The molecule has 0 aromatic heterocycles. The number of piperidine rings is 1. The lowest BCUT2D eigenvalue weighted by Crippen LogP contribution is -2.52. The van der Waals surface area contributed by atoms with Crippen molar-refractivity contribution in [1.29, 1.82) is 0 Å². The van der Waals surface area contributed by atoms with Crippen LogP contribution in [0.2, 0.25) is 0 Å². The van der Waals surface area contributed by atoms with Crippen molar-refractivity contribution in [2.45, 2.75) is 89.1 Å². The van der Waals surface area contributed by atoms with Crippen molar-refractivity contribution < 1.29 is 13.2 Å². The van der Waals surface area contributed by atoms with Gasteiger partial charge in [0.15, 0.2) is 0 Å². The Morgan fingerprint density at radius 2 is 1.54 bits per heavy atom. The first-order chi connectivity index (χ1) is 12.5. The lowest BCUT2D eigenvalue weighted by Gasteiger charge is -2.38. The number of carbonyl (C=O) groups is 1. The van der Waals surface area contributed by atoms with Gasteiger partial charge in [0.25, 0.3) is 10.2 Å². The standard InChI is InChI=1S/C19H35N3O3S/c1-21(18-12-6-3-7-13-18)26(24,25)22-14-8-9-16(15-22)19(23)20-17-10-4-2-5-11-17/h16-18H,2-15H2,1H3,(H,20,23). The zero-order chi connectivity index (χ0) is 18.6. The van der Waals surface area contributed by atoms with E-state index in [1.165, 1.54) is 25.7 Å². The Kier molecular flexibility index (Phi) is 6.97. The topological polar surface area (TPSA) is 69.7 Å². The number of rotatable bonds is 5. The maximum Gasteiger partial charge on any atom is 0.281 e. The van der Waals surface area contributed by atoms with E-state index < -0.39 is 10.2 Å². The Bertz CT molecular complexity index is 569. The van der Waals surface area contributed by atoms with E-state index in [0.29, 0.717) is 13.1 Å². The van der Waals surface area contributed by atoms with Crippen molar-refractivity contribution in [3.63, 3.8) is 0 Å². The van der Waals surface area contributed by atoms with E-state index in [2.05, 4.69) is 5.32 Å². The largest absolute Gasteiger partial charge is 0.353 e. The van der Waals surface area contributed by atoms with E-state index in [1.54, 1.807) is 15.7 Å². The molecule has 0 aromatic rings. The van der Waals surface area contributed by atoms with E-state index >= 15 is 0 Å². The van der Waals surface area contributed by atoms with Gasteiger partial charge in [-0.1, -0.05) is 38.5 Å². The summed E-state index contributed by atoms with van der Waals surface area (Å²) in [6.07, 6.45) is 12.6. The summed E-state index contributed by atoms with van der Waals surface area (Å²) in [6, 6.07) is 0.401. The molecule has 2 saturated carbocycles. The van der Waals surface area contributed by atoms with E-state index in [4.69, 9.17) is 0 Å². The molecule has 0 aromatic carbocycles. The summed E-state index contributed by atoms with van der Waals surface area (Å²) in [5, 5.41) is 3.18. The van der Waals surface area contributed by atoms with Crippen LogP contribution in [0.25, 0.3) is 0 Å². The molecule has 0 bridgehead atoms. The zero-order valence-corrected chi connectivity index (χ0v) is 17.0. The zero-order valence-electron chi connectivity index (χ0n) is 16.2. The molecule has 1 unspecified atom stereocenters. The van der Waals surface area contributed by atoms with Gasteiger partial charge in [0.2, 0.25) is 5.91 Å². The monoisotopic (exact) mass is 385 g/mol. The summed E-state index contributed by atoms with van der Waals surface area (Å²) >= 11 is 0. The van der Waals surface area contributed by atoms with E-state index in [1.807, 2.05) is 0 Å². The average molecular weight is 386 g/mol. The van der Waals surface area contributed by atoms with Crippen LogP contribution in [0.4, 0.5) is 0 Å². The highest BCUT2D eigenvalue weighted by molar-refractivity contribution is 7.86. The molecular formula is C19H35N3O3S. The first-order valence-corrected chi connectivity index (χ1v) is 11.9. The Labute approximate surface area is 158 Å². The molecule has 1 saturated heterocycles. The number of nitrogens with zero attached hydrogens (tertiary/aromatic N) is 2. The molecule has 6 nitrogen and oxygen atoms in total. The SMILES string of the molecule is CN(C1CCCCC1)S(=O)(=O)N1CCCC(C(=O)NC2CCCCC2)C1. The van der Waals surface area contributed by atoms with Gasteiger partial charge < -0.3 is 5.32 Å². The van der Waals surface area contributed by atoms with Gasteiger partial charge in [-0.2, -0.15) is 17.0 Å². The van der Waals surface area contributed by atoms with Crippen molar-refractivity contribution in [1.82, 2.24) is 13.9 Å². The highest BCUT2D eigenvalue weighted by Gasteiger charge is 2.37. The van der Waals surface area contributed by atoms with Crippen LogP contribution in [0.1, 0.15) is 77.0 Å². The Morgan fingerprint density at radius 3 is 2.19 bits per heavy atom. The minimum absolute atomic E-state index is 0.0529. The molecule has 0 spiro atoms. The quantitative estimate of drug-likeness (QED) is 0.791. The van der Waals surface area contributed by atoms with Gasteiger partial charge in [-0.3, -0.25) is 4.79 Å². The minimum atomic E-state index is -3.47. The number of amides is 1. The van der Waals surface area contributed by atoms with E-state index in [9.17, 15) is 13.2 Å². The van der Waals surface area contributed by atoms with Crippen LogP contribution in [-0.4, -0.2) is 55.2 Å². The second kappa shape index (κ2) is 9.02. The summed E-state index contributed by atoms with van der Waals surface area (Å²) in [6.45, 7) is 0.866. The molecule has 1 N–H and O–H groups in total. The Hall–Kier alpha value is -0.660. The smallest absolute Gasteiger partial charge is 0.281 e. The molecule has 150 valence electrons. The van der Waals surface area contributed by atoms with Gasteiger partial charge in [-0.15, -0.1) is 0 Å². The summed E-state index contributed by atoms with van der Waals surface area (Å²) in [7, 11) is -1.76. The summed E-state index contributed by atoms with van der Waals surface area (Å²) < 4.78 is 29.3. The van der Waals surface area contributed by atoms with Gasteiger partial charge in [0.1, 0.15) is 0 Å². The van der Waals surface area contributed by atoms with Crippen LogP contribution < -0.4 is 5.32 Å². The highest BCUT2D eigenvalue weighted by Crippen LogP contribution is 2.27. The summed E-state index contributed by atoms with van der Waals surface area (Å²) in [5.41, 5.74) is 0. The Balaban J connectivity index is 1.58. The van der Waals surface area contributed by atoms with Gasteiger partial charge in [0.05, 0.1) is 5.92 Å². The lowest BCUT2D eigenvalue weighted by atomic mass is 9.93. The lowest BCUT2D eigenvalue weighted by molar-refractivity contribution is -0.127. The second-order valence-corrected chi connectivity index (χ2v) is 10.3. The van der Waals surface area contributed by atoms with Crippen LogP contribution in [0.5, 0.6) is 0 Å². The van der Waals surface area contributed by atoms with Gasteiger partial charge in [-0.05, 0) is 38.5 Å². The van der Waals surface area contributed by atoms with Crippen LogP contribution in [0, 0.1) is 5.92 Å². The van der Waals surface area contributed by atoms with Crippen LogP contribution >= 0.6 is 0 Å². The molecule has 3 rings (SSSR count). The third-order valence-electron chi connectivity index (χ3n) is 6.49. The third-order valence-corrected chi connectivity index (χ3v) is 8.50. The predicted octanol–water partition coefficient (Wildman–Crippen LogP) is 2.66. The van der Waals surface area contributed by atoms with Gasteiger partial charge in [-0.25, -0.2) is 0 Å².